The third-order valence-electron chi connectivity index (χ3n) is 2.71. The lowest BCUT2D eigenvalue weighted by Gasteiger charge is -2.09. The standard InChI is InChI=1S/C13H11ClN4/c14-9-2-1-3-10(5-9)17-13-6-12-8(4-11(13)15)7-16-18-12/h1-7,17H,15H2,(H,16,18). The van der Waals surface area contributed by atoms with E-state index in [-0.39, 0.29) is 0 Å². The van der Waals surface area contributed by atoms with Gasteiger partial charge in [0.1, 0.15) is 0 Å². The summed E-state index contributed by atoms with van der Waals surface area (Å²) in [5.41, 5.74) is 9.33. The van der Waals surface area contributed by atoms with Crippen molar-refractivity contribution >= 4 is 39.6 Å². The first-order valence-electron chi connectivity index (χ1n) is 5.47. The van der Waals surface area contributed by atoms with E-state index in [1.54, 1.807) is 6.20 Å². The SMILES string of the molecule is Nc1cc2cn[nH]c2cc1Nc1cccc(Cl)c1. The minimum atomic E-state index is 0.670. The van der Waals surface area contributed by atoms with E-state index in [4.69, 9.17) is 17.3 Å². The molecule has 0 spiro atoms. The Morgan fingerprint density at radius 3 is 2.94 bits per heavy atom. The fourth-order valence-electron chi connectivity index (χ4n) is 1.84. The molecule has 0 unspecified atom stereocenters. The van der Waals surface area contributed by atoms with Crippen molar-refractivity contribution in [2.75, 3.05) is 11.1 Å². The largest absolute Gasteiger partial charge is 0.397 e. The number of halogens is 1. The summed E-state index contributed by atoms with van der Waals surface area (Å²) < 4.78 is 0. The van der Waals surface area contributed by atoms with Crippen molar-refractivity contribution < 1.29 is 0 Å². The molecule has 1 aromatic heterocycles. The summed E-state index contributed by atoms with van der Waals surface area (Å²) in [5, 5.41) is 11.8. The Kier molecular flexibility index (Phi) is 2.57. The Morgan fingerprint density at radius 1 is 1.22 bits per heavy atom. The second-order valence-electron chi connectivity index (χ2n) is 4.03. The van der Waals surface area contributed by atoms with Crippen molar-refractivity contribution in [2.24, 2.45) is 0 Å². The van der Waals surface area contributed by atoms with Crippen molar-refractivity contribution in [1.82, 2.24) is 10.2 Å². The molecule has 0 saturated carbocycles. The molecule has 5 heteroatoms. The summed E-state index contributed by atoms with van der Waals surface area (Å²) >= 11 is 5.94. The summed E-state index contributed by atoms with van der Waals surface area (Å²) in [6, 6.07) is 11.3. The molecule has 3 rings (SSSR count). The predicted octanol–water partition coefficient (Wildman–Crippen LogP) is 3.54. The lowest BCUT2D eigenvalue weighted by atomic mass is 10.2. The van der Waals surface area contributed by atoms with E-state index in [0.717, 1.165) is 22.3 Å². The number of hydrogen-bond donors (Lipinski definition) is 3. The van der Waals surface area contributed by atoms with Crippen LogP contribution in [0.3, 0.4) is 0 Å². The first-order valence-corrected chi connectivity index (χ1v) is 5.85. The third-order valence-corrected chi connectivity index (χ3v) is 2.95. The zero-order chi connectivity index (χ0) is 12.5. The molecule has 0 saturated heterocycles. The van der Waals surface area contributed by atoms with E-state index in [1.807, 2.05) is 36.4 Å². The number of anilines is 3. The van der Waals surface area contributed by atoms with Crippen molar-refractivity contribution in [3.63, 3.8) is 0 Å². The summed E-state index contributed by atoms with van der Waals surface area (Å²) in [4.78, 5) is 0. The second-order valence-corrected chi connectivity index (χ2v) is 4.47. The number of nitrogen functional groups attached to an aromatic ring is 1. The maximum Gasteiger partial charge on any atom is 0.0672 e. The van der Waals surface area contributed by atoms with Gasteiger partial charge in [0, 0.05) is 16.1 Å². The van der Waals surface area contributed by atoms with Crippen LogP contribution in [0.2, 0.25) is 5.02 Å². The topological polar surface area (TPSA) is 66.7 Å². The van der Waals surface area contributed by atoms with Crippen LogP contribution in [-0.2, 0) is 0 Å². The van der Waals surface area contributed by atoms with E-state index in [0.29, 0.717) is 10.7 Å². The molecule has 0 bridgehead atoms. The van der Waals surface area contributed by atoms with E-state index in [2.05, 4.69) is 15.5 Å². The minimum absolute atomic E-state index is 0.670. The van der Waals surface area contributed by atoms with Crippen molar-refractivity contribution in [2.45, 2.75) is 0 Å². The van der Waals surface area contributed by atoms with Crippen LogP contribution in [0.1, 0.15) is 0 Å². The van der Waals surface area contributed by atoms with Gasteiger partial charge in [-0.05, 0) is 30.3 Å². The highest BCUT2D eigenvalue weighted by atomic mass is 35.5. The Labute approximate surface area is 109 Å². The van der Waals surface area contributed by atoms with E-state index in [1.165, 1.54) is 0 Å². The monoisotopic (exact) mass is 258 g/mol. The number of rotatable bonds is 2. The quantitative estimate of drug-likeness (QED) is 0.616. The molecule has 0 aliphatic carbocycles. The van der Waals surface area contributed by atoms with Gasteiger partial charge in [-0.15, -0.1) is 0 Å². The van der Waals surface area contributed by atoms with Gasteiger partial charge in [-0.3, -0.25) is 5.10 Å². The maximum atomic E-state index is 5.99. The summed E-state index contributed by atoms with van der Waals surface area (Å²) in [7, 11) is 0. The van der Waals surface area contributed by atoms with Gasteiger partial charge in [0.15, 0.2) is 0 Å². The van der Waals surface area contributed by atoms with Gasteiger partial charge in [0.25, 0.3) is 0 Å². The van der Waals surface area contributed by atoms with Crippen LogP contribution < -0.4 is 11.1 Å². The van der Waals surface area contributed by atoms with Crippen molar-refractivity contribution in [3.8, 4) is 0 Å². The number of H-pyrrole nitrogens is 1. The van der Waals surface area contributed by atoms with Gasteiger partial charge in [-0.1, -0.05) is 17.7 Å². The van der Waals surface area contributed by atoms with Gasteiger partial charge in [0.05, 0.1) is 23.1 Å². The molecular weight excluding hydrogens is 248 g/mol. The Balaban J connectivity index is 2.01. The van der Waals surface area contributed by atoms with E-state index < -0.39 is 0 Å². The highest BCUT2D eigenvalue weighted by Gasteiger charge is 2.04. The average molecular weight is 259 g/mol. The Bertz CT molecular complexity index is 705. The first kappa shape index (κ1) is 10.9. The molecule has 3 aromatic rings. The Morgan fingerprint density at radius 2 is 2.11 bits per heavy atom. The highest BCUT2D eigenvalue weighted by molar-refractivity contribution is 6.30. The number of benzene rings is 2. The van der Waals surface area contributed by atoms with Crippen molar-refractivity contribution in [1.29, 1.82) is 0 Å². The molecule has 0 aliphatic heterocycles. The predicted molar refractivity (Wildman–Crippen MR) is 75.2 cm³/mol. The minimum Gasteiger partial charge on any atom is -0.397 e. The number of aromatic nitrogens is 2. The first-order chi connectivity index (χ1) is 8.72. The zero-order valence-corrected chi connectivity index (χ0v) is 10.2. The zero-order valence-electron chi connectivity index (χ0n) is 9.44. The molecular formula is C13H11ClN4. The number of fused-ring (bicyclic) bond motifs is 1. The number of hydrogen-bond acceptors (Lipinski definition) is 3. The summed E-state index contributed by atoms with van der Waals surface area (Å²) in [5.74, 6) is 0. The van der Waals surface area contributed by atoms with Crippen LogP contribution in [0.15, 0.2) is 42.6 Å². The van der Waals surface area contributed by atoms with Gasteiger partial charge in [-0.25, -0.2) is 0 Å². The number of nitrogens with zero attached hydrogens (tertiary/aromatic N) is 1. The molecule has 0 amide bonds. The van der Waals surface area contributed by atoms with Gasteiger partial charge >= 0.3 is 0 Å². The summed E-state index contributed by atoms with van der Waals surface area (Å²) in [6.07, 6.45) is 1.74. The Hall–Kier alpha value is -2.20. The molecule has 0 fully saturated rings. The van der Waals surface area contributed by atoms with Gasteiger partial charge < -0.3 is 11.1 Å². The van der Waals surface area contributed by atoms with Crippen LogP contribution >= 0.6 is 11.6 Å². The normalized spacial score (nSPS) is 10.7. The van der Waals surface area contributed by atoms with Crippen molar-refractivity contribution in [3.05, 3.63) is 47.6 Å². The average Bonchev–Trinajstić information content (AvgIpc) is 2.76. The molecule has 90 valence electrons. The lowest BCUT2D eigenvalue weighted by Crippen LogP contribution is -1.96. The van der Waals surface area contributed by atoms with Crippen LogP contribution in [-0.4, -0.2) is 10.2 Å². The molecule has 1 heterocycles. The molecule has 4 nitrogen and oxygen atoms in total. The fourth-order valence-corrected chi connectivity index (χ4v) is 2.03. The summed E-state index contributed by atoms with van der Waals surface area (Å²) in [6.45, 7) is 0. The molecule has 2 aromatic carbocycles. The molecule has 0 aliphatic rings. The van der Waals surface area contributed by atoms with Crippen LogP contribution in [0.4, 0.5) is 17.1 Å². The smallest absolute Gasteiger partial charge is 0.0672 e. The second kappa shape index (κ2) is 4.23. The van der Waals surface area contributed by atoms with Gasteiger partial charge in [-0.2, -0.15) is 5.10 Å². The highest BCUT2D eigenvalue weighted by Crippen LogP contribution is 2.28. The molecule has 0 radical (unpaired) electrons. The lowest BCUT2D eigenvalue weighted by molar-refractivity contribution is 1.12. The van der Waals surface area contributed by atoms with E-state index >= 15 is 0 Å². The number of aromatic amines is 1. The van der Waals surface area contributed by atoms with Crippen LogP contribution in [0, 0.1) is 0 Å². The third kappa shape index (κ3) is 1.98. The van der Waals surface area contributed by atoms with Gasteiger partial charge in [0.2, 0.25) is 0 Å². The molecule has 0 atom stereocenters. The van der Waals surface area contributed by atoms with Crippen LogP contribution in [0.5, 0.6) is 0 Å². The van der Waals surface area contributed by atoms with E-state index in [9.17, 15) is 0 Å². The fraction of sp³-hybridized carbons (Fsp3) is 0. The van der Waals surface area contributed by atoms with Crippen LogP contribution in [0.25, 0.3) is 10.9 Å². The number of nitrogens with two attached hydrogens (primary N) is 1. The molecule has 4 N–H and O–H groups in total. The number of nitrogens with one attached hydrogen (secondary N) is 2. The molecule has 18 heavy (non-hydrogen) atoms. The maximum absolute atomic E-state index is 5.99.